The van der Waals surface area contributed by atoms with Crippen LogP contribution in [0.3, 0.4) is 0 Å². The molecule has 0 aromatic heterocycles. The molecule has 0 rings (SSSR count). The molecule has 0 aliphatic heterocycles. The normalized spacial score (nSPS) is 11.9. The molecule has 0 aromatic carbocycles. The summed E-state index contributed by atoms with van der Waals surface area (Å²) in [6.45, 7) is 29.0. The van der Waals surface area contributed by atoms with Crippen LogP contribution in [0.15, 0.2) is 0 Å². The summed E-state index contributed by atoms with van der Waals surface area (Å²) in [7, 11) is 0. The summed E-state index contributed by atoms with van der Waals surface area (Å²) >= 11 is 0. The standard InChI is InChI=1S/C96H188N6O8/c1-11-17-23-29-35-37-39-50-65-85-109-92(106)72-58-52-63-81-101(80-62-49-47-59-75-95(7,8)93(107)100-88(69-55-44-33-27-21-15-5)70-56-45-34-28-22-16-6)83-77-97-89(103)73-74-90(104)98-78-84-102(82-64-60-76-96(9,10)94(108)110-86-66-51-40-38-36-30-24-18-12-2)79-61-48-41-46-57-71-91(105)99-87(67-53-42-31-25-19-13-3)68-54-43-32-26-20-14-4/h87-88H,11-86H2,1-10H3,(H,97,103)(H,98,104)(H,99,105)(H,100,107). The molecule has 4 amide bonds. The molecule has 0 saturated carbocycles. The molecule has 0 unspecified atom stereocenters. The molecule has 0 aliphatic carbocycles. The molecule has 0 saturated heterocycles. The van der Waals surface area contributed by atoms with Gasteiger partial charge in [-0.3, -0.25) is 28.8 Å². The van der Waals surface area contributed by atoms with Crippen molar-refractivity contribution in [3.63, 3.8) is 0 Å². The highest BCUT2D eigenvalue weighted by molar-refractivity contribution is 5.84. The summed E-state index contributed by atoms with van der Waals surface area (Å²) in [6, 6.07) is 0.571. The zero-order valence-electron chi connectivity index (χ0n) is 75.1. The molecule has 0 radical (unpaired) electrons. The van der Waals surface area contributed by atoms with Gasteiger partial charge >= 0.3 is 11.9 Å². The van der Waals surface area contributed by atoms with Crippen molar-refractivity contribution in [2.45, 2.75) is 505 Å². The molecular formula is C96H188N6O8. The SMILES string of the molecule is CCCCCCCCCCCOC(=O)CCCCCN(CCCCCCC(C)(C)C(=O)NC(CCCCCCCC)CCCCCCCC)CCNC(=O)CCC(=O)NCCN(CCCCCCCC(=O)NC(CCCCCCCC)CCCCCCCC)CCCCC(C)(C)C(=O)OCCCCCCCCCCC. The van der Waals surface area contributed by atoms with Crippen molar-refractivity contribution >= 4 is 35.6 Å². The Morgan fingerprint density at radius 2 is 0.555 bits per heavy atom. The van der Waals surface area contributed by atoms with Gasteiger partial charge in [-0.1, -0.05) is 364 Å². The number of rotatable bonds is 87. The second-order valence-corrected chi connectivity index (χ2v) is 35.3. The number of amides is 4. The van der Waals surface area contributed by atoms with Crippen LogP contribution in [0.2, 0.25) is 0 Å². The van der Waals surface area contributed by atoms with E-state index in [4.69, 9.17) is 9.47 Å². The van der Waals surface area contributed by atoms with Crippen molar-refractivity contribution in [3.8, 4) is 0 Å². The first-order valence-corrected chi connectivity index (χ1v) is 48.4. The third kappa shape index (κ3) is 71.3. The summed E-state index contributed by atoms with van der Waals surface area (Å²) in [5.74, 6) is 0.0242. The van der Waals surface area contributed by atoms with E-state index in [-0.39, 0.29) is 54.5 Å². The number of nitrogens with zero attached hydrogens (tertiary/aromatic N) is 2. The third-order valence-electron chi connectivity index (χ3n) is 23.3. The molecule has 650 valence electrons. The Kier molecular flexibility index (Phi) is 77.2. The average Bonchev–Trinajstić information content (AvgIpc) is 0.892. The molecule has 0 atom stereocenters. The van der Waals surface area contributed by atoms with E-state index in [1.54, 1.807) is 0 Å². The molecular weight excluding hydrogens is 1370 g/mol. The van der Waals surface area contributed by atoms with Gasteiger partial charge in [-0.05, 0) is 130 Å². The van der Waals surface area contributed by atoms with E-state index >= 15 is 0 Å². The molecule has 0 aromatic rings. The highest BCUT2D eigenvalue weighted by Gasteiger charge is 2.30. The Labute approximate surface area is 682 Å². The maximum Gasteiger partial charge on any atom is 0.311 e. The van der Waals surface area contributed by atoms with Crippen molar-refractivity contribution in [2.75, 3.05) is 65.6 Å². The Bertz CT molecular complexity index is 2040. The minimum absolute atomic E-state index is 0.0871. The van der Waals surface area contributed by atoms with Crippen molar-refractivity contribution < 1.29 is 38.2 Å². The topological polar surface area (TPSA) is 175 Å². The molecule has 0 aliphatic rings. The zero-order valence-corrected chi connectivity index (χ0v) is 75.1. The van der Waals surface area contributed by atoms with Gasteiger partial charge < -0.3 is 40.5 Å². The summed E-state index contributed by atoms with van der Waals surface area (Å²) in [6.07, 6.45) is 74.1. The number of carbonyl (C=O) groups excluding carboxylic acids is 6. The minimum Gasteiger partial charge on any atom is -0.466 e. The maximum absolute atomic E-state index is 13.9. The molecule has 0 bridgehead atoms. The number of nitrogens with one attached hydrogen (secondary N) is 4. The lowest BCUT2D eigenvalue weighted by Gasteiger charge is -2.28. The molecule has 0 heterocycles. The first-order valence-electron chi connectivity index (χ1n) is 48.4. The lowest BCUT2D eigenvalue weighted by Crippen LogP contribution is -2.43. The fourth-order valence-corrected chi connectivity index (χ4v) is 15.5. The van der Waals surface area contributed by atoms with Gasteiger partial charge in [-0.15, -0.1) is 0 Å². The lowest BCUT2D eigenvalue weighted by molar-refractivity contribution is -0.154. The average molecular weight is 1550 g/mol. The smallest absolute Gasteiger partial charge is 0.311 e. The third-order valence-corrected chi connectivity index (χ3v) is 23.3. The monoisotopic (exact) mass is 1550 g/mol. The first kappa shape index (κ1) is 107. The highest BCUT2D eigenvalue weighted by atomic mass is 16.5. The molecule has 0 spiro atoms. The van der Waals surface area contributed by atoms with Crippen molar-refractivity contribution in [3.05, 3.63) is 0 Å². The van der Waals surface area contributed by atoms with E-state index in [0.29, 0.717) is 51.7 Å². The van der Waals surface area contributed by atoms with Gasteiger partial charge in [-0.2, -0.15) is 0 Å². The van der Waals surface area contributed by atoms with Gasteiger partial charge in [0.2, 0.25) is 23.6 Å². The Hall–Kier alpha value is -3.26. The van der Waals surface area contributed by atoms with Gasteiger partial charge in [0, 0.05) is 69.4 Å². The van der Waals surface area contributed by atoms with Crippen LogP contribution in [0, 0.1) is 10.8 Å². The number of esters is 2. The van der Waals surface area contributed by atoms with Gasteiger partial charge in [0.15, 0.2) is 0 Å². The number of hydrogen-bond donors (Lipinski definition) is 4. The van der Waals surface area contributed by atoms with E-state index in [1.165, 1.54) is 244 Å². The van der Waals surface area contributed by atoms with E-state index in [2.05, 4.69) is 86.5 Å². The van der Waals surface area contributed by atoms with Crippen molar-refractivity contribution in [1.82, 2.24) is 31.1 Å². The quantitative estimate of drug-likeness (QED) is 0.0339. The van der Waals surface area contributed by atoms with Crippen LogP contribution in [0.4, 0.5) is 0 Å². The van der Waals surface area contributed by atoms with Crippen LogP contribution in [0.1, 0.15) is 493 Å². The molecule has 0 fully saturated rings. The number of ether oxygens (including phenoxy) is 2. The van der Waals surface area contributed by atoms with Crippen molar-refractivity contribution in [2.24, 2.45) is 10.8 Å². The summed E-state index contributed by atoms with van der Waals surface area (Å²) < 4.78 is 11.4. The minimum atomic E-state index is -0.542. The number of hydrogen-bond acceptors (Lipinski definition) is 10. The van der Waals surface area contributed by atoms with Crippen LogP contribution in [0.25, 0.3) is 0 Å². The van der Waals surface area contributed by atoms with Crippen LogP contribution in [-0.4, -0.2) is 123 Å². The van der Waals surface area contributed by atoms with E-state index in [1.807, 2.05) is 13.8 Å². The fraction of sp³-hybridized carbons (Fsp3) is 0.938. The van der Waals surface area contributed by atoms with Crippen LogP contribution in [-0.2, 0) is 38.2 Å². The predicted molar refractivity (Wildman–Crippen MR) is 471 cm³/mol. The Balaban J connectivity index is 5.61. The van der Waals surface area contributed by atoms with E-state index in [0.717, 1.165) is 187 Å². The van der Waals surface area contributed by atoms with Gasteiger partial charge in [0.25, 0.3) is 0 Å². The van der Waals surface area contributed by atoms with E-state index in [9.17, 15) is 28.8 Å². The Morgan fingerprint density at radius 3 is 0.945 bits per heavy atom. The summed E-state index contributed by atoms with van der Waals surface area (Å²) in [5.41, 5.74) is -0.954. The largest absolute Gasteiger partial charge is 0.466 e. The molecule has 14 heteroatoms. The van der Waals surface area contributed by atoms with Crippen LogP contribution in [0.5, 0.6) is 0 Å². The van der Waals surface area contributed by atoms with E-state index < -0.39 is 10.8 Å². The first-order chi connectivity index (χ1) is 53.5. The molecule has 110 heavy (non-hydrogen) atoms. The lowest BCUT2D eigenvalue weighted by atomic mass is 9.85. The van der Waals surface area contributed by atoms with Crippen LogP contribution >= 0.6 is 0 Å². The van der Waals surface area contributed by atoms with Gasteiger partial charge in [0.1, 0.15) is 0 Å². The van der Waals surface area contributed by atoms with Crippen molar-refractivity contribution in [1.29, 1.82) is 0 Å². The second-order valence-electron chi connectivity index (χ2n) is 35.3. The molecule has 14 nitrogen and oxygen atoms in total. The molecule has 4 N–H and O–H groups in total. The van der Waals surface area contributed by atoms with Gasteiger partial charge in [-0.25, -0.2) is 0 Å². The highest BCUT2D eigenvalue weighted by Crippen LogP contribution is 2.28. The Morgan fingerprint density at radius 1 is 0.273 bits per heavy atom. The second kappa shape index (κ2) is 79.6. The summed E-state index contributed by atoms with van der Waals surface area (Å²) in [4.78, 5) is 84.7. The maximum atomic E-state index is 13.9. The van der Waals surface area contributed by atoms with Gasteiger partial charge in [0.05, 0.1) is 18.6 Å². The predicted octanol–water partition coefficient (Wildman–Crippen LogP) is 25.8. The fourth-order valence-electron chi connectivity index (χ4n) is 15.5. The zero-order chi connectivity index (χ0) is 80.8. The number of carbonyl (C=O) groups is 6. The summed E-state index contributed by atoms with van der Waals surface area (Å²) in [5, 5.41) is 13.3. The van der Waals surface area contributed by atoms with Crippen LogP contribution < -0.4 is 21.3 Å². The number of unbranched alkanes of at least 4 members (excludes halogenated alkanes) is 46.